The van der Waals surface area contributed by atoms with E-state index < -0.39 is 0 Å². The highest BCUT2D eigenvalue weighted by molar-refractivity contribution is 6.19. The summed E-state index contributed by atoms with van der Waals surface area (Å²) in [6.45, 7) is 4.79. The topological polar surface area (TPSA) is 38.3 Å². The minimum absolute atomic E-state index is 0.0483. The van der Waals surface area contributed by atoms with Crippen molar-refractivity contribution in [2.24, 2.45) is 5.92 Å². The quantitative estimate of drug-likeness (QED) is 0.835. The van der Waals surface area contributed by atoms with Crippen LogP contribution in [0.4, 0.5) is 0 Å². The molecular weight excluding hydrogens is 286 g/mol. The number of ether oxygens (including phenoxy) is 1. The summed E-state index contributed by atoms with van der Waals surface area (Å²) in [7, 11) is 0. The maximum absolute atomic E-state index is 12.4. The summed E-state index contributed by atoms with van der Waals surface area (Å²) >= 11 is 6.17. The van der Waals surface area contributed by atoms with Crippen LogP contribution in [-0.4, -0.2) is 23.9 Å². The molecule has 0 heterocycles. The predicted molar refractivity (Wildman–Crippen MR) is 86.2 cm³/mol. The van der Waals surface area contributed by atoms with Crippen LogP contribution in [0.3, 0.4) is 0 Å². The lowest BCUT2D eigenvalue weighted by molar-refractivity contribution is 0.0867. The molecule has 0 saturated heterocycles. The lowest BCUT2D eigenvalue weighted by Crippen LogP contribution is -2.52. The zero-order chi connectivity index (χ0) is 15.3. The van der Waals surface area contributed by atoms with Crippen molar-refractivity contribution in [1.82, 2.24) is 5.32 Å². The van der Waals surface area contributed by atoms with E-state index in [-0.39, 0.29) is 11.4 Å². The first kappa shape index (κ1) is 16.2. The minimum Gasteiger partial charge on any atom is -0.494 e. The number of alkyl halides is 1. The molecule has 0 aromatic heterocycles. The first-order valence-electron chi connectivity index (χ1n) is 7.70. The van der Waals surface area contributed by atoms with Crippen molar-refractivity contribution >= 4 is 17.5 Å². The molecule has 4 heteroatoms. The Morgan fingerprint density at radius 2 is 2.14 bits per heavy atom. The van der Waals surface area contributed by atoms with Crippen LogP contribution in [0.25, 0.3) is 0 Å². The van der Waals surface area contributed by atoms with E-state index in [0.29, 0.717) is 24.0 Å². The molecule has 0 spiro atoms. The van der Waals surface area contributed by atoms with Gasteiger partial charge in [0.1, 0.15) is 5.75 Å². The van der Waals surface area contributed by atoms with Gasteiger partial charge in [-0.05, 0) is 49.9 Å². The van der Waals surface area contributed by atoms with E-state index in [1.165, 1.54) is 6.42 Å². The second kappa shape index (κ2) is 7.17. The van der Waals surface area contributed by atoms with E-state index in [1.807, 2.05) is 19.1 Å². The maximum Gasteiger partial charge on any atom is 0.251 e. The van der Waals surface area contributed by atoms with Gasteiger partial charge in [0.05, 0.1) is 12.1 Å². The van der Waals surface area contributed by atoms with E-state index in [0.717, 1.165) is 25.0 Å². The molecule has 0 bridgehead atoms. The van der Waals surface area contributed by atoms with Gasteiger partial charge in [0.2, 0.25) is 0 Å². The third kappa shape index (κ3) is 4.13. The Balaban J connectivity index is 2.05. The molecule has 1 fully saturated rings. The number of benzene rings is 1. The van der Waals surface area contributed by atoms with Crippen LogP contribution in [-0.2, 0) is 0 Å². The standard InChI is InChI=1S/C17H24ClNO2/c1-3-21-15-8-6-14(7-9-15)16(20)19-17(12-18)10-4-5-13(2)11-17/h6-9,13H,3-5,10-12H2,1-2H3,(H,19,20). The molecule has 1 saturated carbocycles. The maximum atomic E-state index is 12.4. The van der Waals surface area contributed by atoms with Crippen LogP contribution in [0.5, 0.6) is 5.75 Å². The largest absolute Gasteiger partial charge is 0.494 e. The second-order valence-corrected chi connectivity index (χ2v) is 6.29. The van der Waals surface area contributed by atoms with Crippen molar-refractivity contribution in [3.63, 3.8) is 0 Å². The van der Waals surface area contributed by atoms with Crippen LogP contribution >= 0.6 is 11.6 Å². The molecule has 3 nitrogen and oxygen atoms in total. The molecule has 0 aliphatic heterocycles. The van der Waals surface area contributed by atoms with E-state index >= 15 is 0 Å². The number of amides is 1. The SMILES string of the molecule is CCOc1ccc(C(=O)NC2(CCl)CCCC(C)C2)cc1. The molecule has 1 aromatic carbocycles. The second-order valence-electron chi connectivity index (χ2n) is 6.03. The molecule has 1 N–H and O–H groups in total. The Kier molecular flexibility index (Phi) is 5.51. The van der Waals surface area contributed by atoms with Gasteiger partial charge in [-0.1, -0.05) is 19.8 Å². The monoisotopic (exact) mass is 309 g/mol. The third-order valence-corrected chi connectivity index (χ3v) is 4.67. The Bertz CT molecular complexity index is 474. The van der Waals surface area contributed by atoms with Gasteiger partial charge in [-0.3, -0.25) is 4.79 Å². The Morgan fingerprint density at radius 1 is 1.43 bits per heavy atom. The fourth-order valence-corrected chi connectivity index (χ4v) is 3.42. The average Bonchev–Trinajstić information content (AvgIpc) is 2.48. The summed E-state index contributed by atoms with van der Waals surface area (Å²) in [6, 6.07) is 7.26. The molecule has 1 aromatic rings. The van der Waals surface area contributed by atoms with E-state index in [9.17, 15) is 4.79 Å². The average molecular weight is 310 g/mol. The Morgan fingerprint density at radius 3 is 2.71 bits per heavy atom. The number of nitrogens with one attached hydrogen (secondary N) is 1. The predicted octanol–water partition coefficient (Wildman–Crippen LogP) is 4.00. The summed E-state index contributed by atoms with van der Waals surface area (Å²) < 4.78 is 5.39. The summed E-state index contributed by atoms with van der Waals surface area (Å²) in [4.78, 5) is 12.4. The van der Waals surface area contributed by atoms with Crippen LogP contribution in [0, 0.1) is 5.92 Å². The van der Waals surface area contributed by atoms with Gasteiger partial charge in [-0.2, -0.15) is 0 Å². The van der Waals surface area contributed by atoms with Gasteiger partial charge in [0, 0.05) is 11.4 Å². The zero-order valence-electron chi connectivity index (χ0n) is 12.8. The summed E-state index contributed by atoms with van der Waals surface area (Å²) in [6.07, 6.45) is 4.26. The highest BCUT2D eigenvalue weighted by Crippen LogP contribution is 2.33. The van der Waals surface area contributed by atoms with Crippen molar-refractivity contribution in [3.05, 3.63) is 29.8 Å². The number of carbonyl (C=O) groups is 1. The number of carbonyl (C=O) groups excluding carboxylic acids is 1. The van der Waals surface area contributed by atoms with Crippen molar-refractivity contribution in [2.45, 2.75) is 45.1 Å². The number of rotatable bonds is 5. The van der Waals surface area contributed by atoms with Crippen LogP contribution in [0.15, 0.2) is 24.3 Å². The lowest BCUT2D eigenvalue weighted by Gasteiger charge is -2.39. The molecular formula is C17H24ClNO2. The lowest BCUT2D eigenvalue weighted by atomic mass is 9.77. The molecule has 1 amide bonds. The molecule has 2 atom stereocenters. The van der Waals surface area contributed by atoms with Gasteiger partial charge in [0.25, 0.3) is 5.91 Å². The Hall–Kier alpha value is -1.22. The van der Waals surface area contributed by atoms with Crippen molar-refractivity contribution in [1.29, 1.82) is 0 Å². The number of hydrogen-bond acceptors (Lipinski definition) is 2. The van der Waals surface area contributed by atoms with Crippen molar-refractivity contribution < 1.29 is 9.53 Å². The van der Waals surface area contributed by atoms with E-state index in [1.54, 1.807) is 12.1 Å². The first-order valence-corrected chi connectivity index (χ1v) is 8.23. The number of halogens is 1. The van der Waals surface area contributed by atoms with Crippen LogP contribution in [0.2, 0.25) is 0 Å². The highest BCUT2D eigenvalue weighted by atomic mass is 35.5. The van der Waals surface area contributed by atoms with Gasteiger partial charge >= 0.3 is 0 Å². The zero-order valence-corrected chi connectivity index (χ0v) is 13.6. The van der Waals surface area contributed by atoms with Crippen molar-refractivity contribution in [2.75, 3.05) is 12.5 Å². The van der Waals surface area contributed by atoms with Gasteiger partial charge in [0.15, 0.2) is 0 Å². The van der Waals surface area contributed by atoms with Gasteiger partial charge in [-0.25, -0.2) is 0 Å². The van der Waals surface area contributed by atoms with E-state index in [2.05, 4.69) is 12.2 Å². The van der Waals surface area contributed by atoms with Crippen LogP contribution < -0.4 is 10.1 Å². The highest BCUT2D eigenvalue weighted by Gasteiger charge is 2.35. The van der Waals surface area contributed by atoms with E-state index in [4.69, 9.17) is 16.3 Å². The fraction of sp³-hybridized carbons (Fsp3) is 0.588. The molecule has 1 aliphatic carbocycles. The molecule has 0 radical (unpaired) electrons. The summed E-state index contributed by atoms with van der Waals surface area (Å²) in [5.74, 6) is 1.82. The third-order valence-electron chi connectivity index (χ3n) is 4.15. The fourth-order valence-electron chi connectivity index (χ4n) is 3.11. The normalized spacial score (nSPS) is 25.4. The smallest absolute Gasteiger partial charge is 0.251 e. The van der Waals surface area contributed by atoms with Crippen LogP contribution in [0.1, 0.15) is 49.9 Å². The summed E-state index contributed by atoms with van der Waals surface area (Å²) in [5.41, 5.74) is 0.399. The van der Waals surface area contributed by atoms with Crippen molar-refractivity contribution in [3.8, 4) is 5.75 Å². The first-order chi connectivity index (χ1) is 10.1. The number of hydrogen-bond donors (Lipinski definition) is 1. The molecule has 2 rings (SSSR count). The summed E-state index contributed by atoms with van der Waals surface area (Å²) in [5, 5.41) is 3.17. The Labute approximate surface area is 132 Å². The van der Waals surface area contributed by atoms with Gasteiger partial charge in [-0.15, -0.1) is 11.6 Å². The van der Waals surface area contributed by atoms with Gasteiger partial charge < -0.3 is 10.1 Å². The molecule has 1 aliphatic rings. The minimum atomic E-state index is -0.255. The molecule has 116 valence electrons. The molecule has 21 heavy (non-hydrogen) atoms. The molecule has 2 unspecified atom stereocenters.